The number of amides is 2. The van der Waals surface area contributed by atoms with Gasteiger partial charge in [-0.1, -0.05) is 18.2 Å². The molecule has 1 saturated heterocycles. The van der Waals surface area contributed by atoms with Crippen molar-refractivity contribution in [2.24, 2.45) is 0 Å². The van der Waals surface area contributed by atoms with Gasteiger partial charge in [0.15, 0.2) is 0 Å². The topological polar surface area (TPSA) is 98.1 Å². The van der Waals surface area contributed by atoms with E-state index in [1.54, 1.807) is 36.7 Å². The van der Waals surface area contributed by atoms with Gasteiger partial charge >= 0.3 is 0 Å². The first kappa shape index (κ1) is 21.9. The van der Waals surface area contributed by atoms with Gasteiger partial charge in [0.25, 0.3) is 0 Å². The molecular weight excluding hydrogens is 389 g/mol. The van der Waals surface area contributed by atoms with Crippen molar-refractivity contribution >= 4 is 11.8 Å². The molecule has 1 aliphatic heterocycles. The molecule has 162 valence electrons. The van der Waals surface area contributed by atoms with E-state index in [4.69, 9.17) is 4.74 Å². The highest BCUT2D eigenvalue weighted by Gasteiger charge is 2.32. The maximum atomic E-state index is 14.3. The lowest BCUT2D eigenvalue weighted by atomic mass is 9.92. The summed E-state index contributed by atoms with van der Waals surface area (Å²) >= 11 is 0. The minimum absolute atomic E-state index is 0.102. The summed E-state index contributed by atoms with van der Waals surface area (Å²) in [7, 11) is 0. The second-order valence-electron chi connectivity index (χ2n) is 7.64. The maximum absolute atomic E-state index is 14.3. The average Bonchev–Trinajstić information content (AvgIpc) is 2.98. The van der Waals surface area contributed by atoms with Crippen LogP contribution in [-0.4, -0.2) is 45.3 Å². The SMILES string of the molecule is CC(=O)N[C@H]1C[C@@H](CCNC(=O)Cn2nc(C)nc2C)O[C@@H](c2ccccc2F)C1. The van der Waals surface area contributed by atoms with E-state index in [-0.39, 0.29) is 36.3 Å². The number of rotatable bonds is 7. The molecular formula is C21H28FN5O3. The minimum atomic E-state index is -0.446. The Hall–Kier alpha value is -2.81. The van der Waals surface area contributed by atoms with Crippen molar-refractivity contribution < 1.29 is 18.7 Å². The van der Waals surface area contributed by atoms with E-state index in [9.17, 15) is 14.0 Å². The molecule has 0 spiro atoms. The summed E-state index contributed by atoms with van der Waals surface area (Å²) in [5, 5.41) is 9.97. The number of halogens is 1. The molecule has 1 aromatic heterocycles. The minimum Gasteiger partial charge on any atom is -0.370 e. The van der Waals surface area contributed by atoms with Crippen LogP contribution in [0.3, 0.4) is 0 Å². The molecule has 30 heavy (non-hydrogen) atoms. The van der Waals surface area contributed by atoms with Crippen LogP contribution in [0.5, 0.6) is 0 Å². The molecule has 1 aliphatic rings. The highest BCUT2D eigenvalue weighted by molar-refractivity contribution is 5.75. The highest BCUT2D eigenvalue weighted by atomic mass is 19.1. The van der Waals surface area contributed by atoms with E-state index < -0.39 is 6.10 Å². The van der Waals surface area contributed by atoms with Crippen LogP contribution in [0.1, 0.15) is 49.5 Å². The first-order valence-electron chi connectivity index (χ1n) is 10.1. The standard InChI is InChI=1S/C21H28FN5O3/c1-13-24-14(2)27(26-13)12-21(29)23-9-8-17-10-16(25-15(3)28)11-20(30-17)18-6-4-5-7-19(18)22/h4-7,16-17,20H,8-12H2,1-3H3,(H,23,29)(H,25,28)/t16-,17+,20+/m0/s1. The summed E-state index contributed by atoms with van der Waals surface area (Å²) in [5.74, 6) is 0.697. The number of ether oxygens (including phenoxy) is 1. The van der Waals surface area contributed by atoms with E-state index in [1.807, 2.05) is 0 Å². The van der Waals surface area contributed by atoms with E-state index in [2.05, 4.69) is 20.7 Å². The fourth-order valence-corrected chi connectivity index (χ4v) is 3.82. The largest absolute Gasteiger partial charge is 0.370 e. The molecule has 0 aliphatic carbocycles. The fraction of sp³-hybridized carbons (Fsp3) is 0.524. The van der Waals surface area contributed by atoms with Crippen molar-refractivity contribution in [2.45, 2.75) is 64.8 Å². The lowest BCUT2D eigenvalue weighted by Gasteiger charge is -2.36. The summed E-state index contributed by atoms with van der Waals surface area (Å²) in [6, 6.07) is 6.41. The van der Waals surface area contributed by atoms with Crippen LogP contribution in [0, 0.1) is 19.7 Å². The molecule has 0 unspecified atom stereocenters. The monoisotopic (exact) mass is 417 g/mol. The first-order valence-corrected chi connectivity index (χ1v) is 10.1. The number of nitrogens with one attached hydrogen (secondary N) is 2. The quantitative estimate of drug-likeness (QED) is 0.718. The molecule has 9 heteroatoms. The normalized spacial score (nSPS) is 21.3. The number of hydrogen-bond acceptors (Lipinski definition) is 5. The molecule has 1 fully saturated rings. The Morgan fingerprint density at radius 1 is 1.27 bits per heavy atom. The van der Waals surface area contributed by atoms with Crippen molar-refractivity contribution in [2.75, 3.05) is 6.54 Å². The van der Waals surface area contributed by atoms with E-state index in [1.165, 1.54) is 13.0 Å². The summed E-state index contributed by atoms with van der Waals surface area (Å²) in [6.07, 6.45) is 1.02. The van der Waals surface area contributed by atoms with Gasteiger partial charge in [0.1, 0.15) is 24.0 Å². The molecule has 2 heterocycles. The van der Waals surface area contributed by atoms with Crippen LogP contribution in [0.2, 0.25) is 0 Å². The molecule has 3 atom stereocenters. The average molecular weight is 417 g/mol. The number of benzene rings is 1. The number of aryl methyl sites for hydroxylation is 2. The van der Waals surface area contributed by atoms with Crippen LogP contribution in [-0.2, 0) is 20.9 Å². The summed E-state index contributed by atoms with van der Waals surface area (Å²) in [4.78, 5) is 27.9. The van der Waals surface area contributed by atoms with Crippen LogP contribution in [0.25, 0.3) is 0 Å². The van der Waals surface area contributed by atoms with Crippen molar-refractivity contribution in [3.63, 3.8) is 0 Å². The predicted molar refractivity (Wildman–Crippen MR) is 108 cm³/mol. The molecule has 2 N–H and O–H groups in total. The van der Waals surface area contributed by atoms with Gasteiger partial charge in [0.05, 0.1) is 12.2 Å². The first-order chi connectivity index (χ1) is 14.3. The van der Waals surface area contributed by atoms with Gasteiger partial charge in [-0.05, 0) is 39.2 Å². The number of hydrogen-bond donors (Lipinski definition) is 2. The molecule has 0 bridgehead atoms. The van der Waals surface area contributed by atoms with Crippen molar-refractivity contribution in [1.29, 1.82) is 0 Å². The Morgan fingerprint density at radius 3 is 2.70 bits per heavy atom. The zero-order valence-electron chi connectivity index (χ0n) is 17.5. The van der Waals surface area contributed by atoms with Crippen molar-refractivity contribution in [3.8, 4) is 0 Å². The molecule has 2 amide bonds. The Kier molecular flexibility index (Phi) is 7.15. The van der Waals surface area contributed by atoms with Gasteiger partial charge in [0.2, 0.25) is 11.8 Å². The van der Waals surface area contributed by atoms with Crippen molar-refractivity contribution in [1.82, 2.24) is 25.4 Å². The smallest absolute Gasteiger partial charge is 0.241 e. The zero-order chi connectivity index (χ0) is 21.7. The van der Waals surface area contributed by atoms with Gasteiger partial charge in [-0.15, -0.1) is 0 Å². The van der Waals surface area contributed by atoms with Gasteiger partial charge < -0.3 is 15.4 Å². The maximum Gasteiger partial charge on any atom is 0.241 e. The Labute approximate surface area is 175 Å². The Balaban J connectivity index is 1.56. The number of carbonyl (C=O) groups is 2. The number of aromatic nitrogens is 3. The van der Waals surface area contributed by atoms with Gasteiger partial charge in [-0.25, -0.2) is 14.1 Å². The molecule has 3 rings (SSSR count). The third kappa shape index (κ3) is 5.85. The predicted octanol–water partition coefficient (Wildman–Crippen LogP) is 1.97. The van der Waals surface area contributed by atoms with Crippen LogP contribution in [0.15, 0.2) is 24.3 Å². The Morgan fingerprint density at radius 2 is 2.03 bits per heavy atom. The third-order valence-electron chi connectivity index (χ3n) is 5.11. The molecule has 0 saturated carbocycles. The molecule has 0 radical (unpaired) electrons. The van der Waals surface area contributed by atoms with Crippen LogP contribution >= 0.6 is 0 Å². The van der Waals surface area contributed by atoms with Gasteiger partial charge in [0, 0.05) is 25.1 Å². The van der Waals surface area contributed by atoms with E-state index in [0.29, 0.717) is 43.0 Å². The number of carbonyl (C=O) groups excluding carboxylic acids is 2. The second kappa shape index (κ2) is 9.80. The zero-order valence-corrected chi connectivity index (χ0v) is 17.5. The summed E-state index contributed by atoms with van der Waals surface area (Å²) < 4.78 is 21.9. The van der Waals surface area contributed by atoms with Crippen LogP contribution in [0.4, 0.5) is 4.39 Å². The third-order valence-corrected chi connectivity index (χ3v) is 5.11. The second-order valence-corrected chi connectivity index (χ2v) is 7.64. The lowest BCUT2D eigenvalue weighted by molar-refractivity contribution is -0.122. The van der Waals surface area contributed by atoms with Gasteiger partial charge in [-0.3, -0.25) is 9.59 Å². The highest BCUT2D eigenvalue weighted by Crippen LogP contribution is 2.33. The van der Waals surface area contributed by atoms with Crippen LogP contribution < -0.4 is 10.6 Å². The molecule has 8 nitrogen and oxygen atoms in total. The number of nitrogens with zero attached hydrogens (tertiary/aromatic N) is 3. The summed E-state index contributed by atoms with van der Waals surface area (Å²) in [6.45, 7) is 5.56. The fourth-order valence-electron chi connectivity index (χ4n) is 3.82. The Bertz CT molecular complexity index is 901. The van der Waals surface area contributed by atoms with E-state index in [0.717, 1.165) is 0 Å². The van der Waals surface area contributed by atoms with Crippen molar-refractivity contribution in [3.05, 3.63) is 47.3 Å². The lowest BCUT2D eigenvalue weighted by Crippen LogP contribution is -2.43. The molecule has 2 aromatic rings. The van der Waals surface area contributed by atoms with E-state index >= 15 is 0 Å². The summed E-state index contributed by atoms with van der Waals surface area (Å²) in [5.41, 5.74) is 0.485. The molecule has 1 aromatic carbocycles. The van der Waals surface area contributed by atoms with Gasteiger partial charge in [-0.2, -0.15) is 5.10 Å².